The highest BCUT2D eigenvalue weighted by molar-refractivity contribution is 7.92. The van der Waals surface area contributed by atoms with Crippen molar-refractivity contribution in [3.05, 3.63) is 23.8 Å². The molecule has 2 fully saturated rings. The van der Waals surface area contributed by atoms with Crippen LogP contribution in [0, 0.1) is 24.7 Å². The van der Waals surface area contributed by atoms with Gasteiger partial charge in [0.05, 0.1) is 11.4 Å². The average Bonchev–Trinajstić information content (AvgIpc) is 3.12. The molecule has 3 atom stereocenters. The van der Waals surface area contributed by atoms with E-state index in [2.05, 4.69) is 10.0 Å². The molecule has 0 aliphatic heterocycles. The molecule has 0 aromatic heterocycles. The van der Waals surface area contributed by atoms with Crippen LogP contribution in [0.2, 0.25) is 0 Å². The second kappa shape index (κ2) is 6.75. The highest BCUT2D eigenvalue weighted by atomic mass is 32.2. The fourth-order valence-electron chi connectivity index (χ4n) is 4.17. The van der Waals surface area contributed by atoms with Crippen LogP contribution in [-0.4, -0.2) is 20.1 Å². The Labute approximate surface area is 144 Å². The van der Waals surface area contributed by atoms with Gasteiger partial charge in [0.25, 0.3) is 0 Å². The van der Waals surface area contributed by atoms with Crippen molar-refractivity contribution in [3.63, 3.8) is 0 Å². The summed E-state index contributed by atoms with van der Waals surface area (Å²) in [6, 6.07) is 5.26. The number of anilines is 2. The van der Waals surface area contributed by atoms with Gasteiger partial charge in [-0.1, -0.05) is 6.42 Å². The molecule has 3 rings (SSSR count). The van der Waals surface area contributed by atoms with Gasteiger partial charge < -0.3 is 5.32 Å². The Morgan fingerprint density at radius 3 is 2.62 bits per heavy atom. The first-order valence-electron chi connectivity index (χ1n) is 8.77. The van der Waals surface area contributed by atoms with E-state index in [1.807, 2.05) is 13.0 Å². The van der Waals surface area contributed by atoms with Crippen LogP contribution in [0.25, 0.3) is 0 Å². The molecule has 0 heterocycles. The molecule has 2 saturated carbocycles. The summed E-state index contributed by atoms with van der Waals surface area (Å²) in [4.78, 5) is 12.3. The van der Waals surface area contributed by atoms with Crippen LogP contribution in [0.4, 0.5) is 11.4 Å². The number of carbonyl (C=O) groups excluding carboxylic acids is 1. The number of fused-ring (bicyclic) bond motifs is 2. The molecule has 0 unspecified atom stereocenters. The lowest BCUT2D eigenvalue weighted by Gasteiger charge is -2.21. The molecule has 2 bridgehead atoms. The van der Waals surface area contributed by atoms with Crippen molar-refractivity contribution >= 4 is 27.3 Å². The summed E-state index contributed by atoms with van der Waals surface area (Å²) >= 11 is 0. The third-order valence-electron chi connectivity index (χ3n) is 5.49. The summed E-state index contributed by atoms with van der Waals surface area (Å²) in [7, 11) is -3.29. The monoisotopic (exact) mass is 350 g/mol. The van der Waals surface area contributed by atoms with Crippen LogP contribution < -0.4 is 10.0 Å². The number of amides is 1. The summed E-state index contributed by atoms with van der Waals surface area (Å²) in [6.07, 6.45) is 5.74. The van der Waals surface area contributed by atoms with Crippen LogP contribution in [0.15, 0.2) is 18.2 Å². The Bertz CT molecular complexity index is 730. The average molecular weight is 350 g/mol. The Balaban J connectivity index is 1.59. The zero-order valence-corrected chi connectivity index (χ0v) is 15.2. The van der Waals surface area contributed by atoms with E-state index in [1.54, 1.807) is 19.1 Å². The normalized spacial score (nSPS) is 25.7. The molecule has 2 N–H and O–H groups in total. The summed E-state index contributed by atoms with van der Waals surface area (Å²) in [5.74, 6) is 2.23. The fourth-order valence-corrected chi connectivity index (χ4v) is 4.88. The largest absolute Gasteiger partial charge is 0.326 e. The molecular formula is C18H26N2O3S. The zero-order chi connectivity index (χ0) is 17.3. The fraction of sp³-hybridized carbons (Fsp3) is 0.611. The smallest absolute Gasteiger partial charge is 0.232 e. The molecule has 1 aromatic rings. The summed E-state index contributed by atoms with van der Waals surface area (Å²) < 4.78 is 25.9. The number of hydrogen-bond acceptors (Lipinski definition) is 3. The first-order chi connectivity index (χ1) is 11.4. The minimum atomic E-state index is -3.29. The summed E-state index contributed by atoms with van der Waals surface area (Å²) in [6.45, 7) is 3.43. The van der Waals surface area contributed by atoms with Crippen molar-refractivity contribution in [1.82, 2.24) is 0 Å². The van der Waals surface area contributed by atoms with Gasteiger partial charge in [0, 0.05) is 12.1 Å². The molecule has 24 heavy (non-hydrogen) atoms. The van der Waals surface area contributed by atoms with Crippen LogP contribution >= 0.6 is 0 Å². The van der Waals surface area contributed by atoms with Gasteiger partial charge in [-0.25, -0.2) is 8.42 Å². The Kier molecular flexibility index (Phi) is 4.85. The van der Waals surface area contributed by atoms with E-state index in [1.165, 1.54) is 25.7 Å². The van der Waals surface area contributed by atoms with Crippen LogP contribution in [0.1, 0.15) is 44.6 Å². The van der Waals surface area contributed by atoms with E-state index in [0.29, 0.717) is 18.0 Å². The topological polar surface area (TPSA) is 75.3 Å². The SMILES string of the molecule is CCS(=O)(=O)Nc1ccc(NC(=O)C[C@H]2C[C@H]3CC[C@H]2C3)cc1C. The van der Waals surface area contributed by atoms with Crippen molar-refractivity contribution in [1.29, 1.82) is 0 Å². The van der Waals surface area contributed by atoms with Gasteiger partial charge >= 0.3 is 0 Å². The van der Waals surface area contributed by atoms with E-state index in [9.17, 15) is 13.2 Å². The number of hydrogen-bond donors (Lipinski definition) is 2. The van der Waals surface area contributed by atoms with E-state index < -0.39 is 10.0 Å². The van der Waals surface area contributed by atoms with Gasteiger partial charge in [0.15, 0.2) is 0 Å². The molecule has 0 radical (unpaired) electrons. The maximum Gasteiger partial charge on any atom is 0.232 e. The lowest BCUT2D eigenvalue weighted by molar-refractivity contribution is -0.117. The molecule has 2 aliphatic carbocycles. The van der Waals surface area contributed by atoms with E-state index in [0.717, 1.165) is 23.1 Å². The highest BCUT2D eigenvalue weighted by Crippen LogP contribution is 2.49. The van der Waals surface area contributed by atoms with Crippen molar-refractivity contribution in [3.8, 4) is 0 Å². The van der Waals surface area contributed by atoms with Gasteiger partial charge in [-0.05, 0) is 74.6 Å². The van der Waals surface area contributed by atoms with Crippen LogP contribution in [0.3, 0.4) is 0 Å². The molecule has 1 amide bonds. The van der Waals surface area contributed by atoms with Crippen LogP contribution in [0.5, 0.6) is 0 Å². The third-order valence-corrected chi connectivity index (χ3v) is 6.78. The standard InChI is InChI=1S/C18H26N2O3S/c1-3-24(22,23)20-17-7-6-16(8-12(17)2)19-18(21)11-15-10-13-4-5-14(15)9-13/h6-8,13-15,20H,3-5,9-11H2,1-2H3,(H,19,21)/t13-,14-,15+/m0/s1. The quantitative estimate of drug-likeness (QED) is 0.824. The molecule has 2 aliphatic rings. The second-order valence-electron chi connectivity index (χ2n) is 7.22. The second-order valence-corrected chi connectivity index (χ2v) is 9.23. The molecule has 1 aromatic carbocycles. The maximum atomic E-state index is 12.3. The highest BCUT2D eigenvalue weighted by Gasteiger charge is 2.40. The third kappa shape index (κ3) is 3.91. The molecule has 5 nitrogen and oxygen atoms in total. The van der Waals surface area contributed by atoms with E-state index >= 15 is 0 Å². The number of rotatable bonds is 6. The Hall–Kier alpha value is -1.56. The molecular weight excluding hydrogens is 324 g/mol. The van der Waals surface area contributed by atoms with Gasteiger partial charge in [-0.2, -0.15) is 0 Å². The minimum Gasteiger partial charge on any atom is -0.326 e. The van der Waals surface area contributed by atoms with Crippen molar-refractivity contribution < 1.29 is 13.2 Å². The summed E-state index contributed by atoms with van der Waals surface area (Å²) in [5, 5.41) is 2.96. The van der Waals surface area contributed by atoms with Crippen LogP contribution in [-0.2, 0) is 14.8 Å². The van der Waals surface area contributed by atoms with Gasteiger partial charge in [-0.3, -0.25) is 9.52 Å². The van der Waals surface area contributed by atoms with Gasteiger partial charge in [-0.15, -0.1) is 0 Å². The Morgan fingerprint density at radius 1 is 1.25 bits per heavy atom. The number of nitrogens with one attached hydrogen (secondary N) is 2. The van der Waals surface area contributed by atoms with Crippen molar-refractivity contribution in [2.24, 2.45) is 17.8 Å². The van der Waals surface area contributed by atoms with E-state index in [4.69, 9.17) is 0 Å². The number of aryl methyl sites for hydroxylation is 1. The lowest BCUT2D eigenvalue weighted by atomic mass is 9.86. The first-order valence-corrected chi connectivity index (χ1v) is 10.4. The number of sulfonamides is 1. The minimum absolute atomic E-state index is 0.0362. The lowest BCUT2D eigenvalue weighted by Crippen LogP contribution is -2.20. The predicted octanol–water partition coefficient (Wildman–Crippen LogP) is 3.52. The number of benzene rings is 1. The molecule has 132 valence electrons. The summed E-state index contributed by atoms with van der Waals surface area (Å²) in [5.41, 5.74) is 2.08. The van der Waals surface area contributed by atoms with Gasteiger partial charge in [0.2, 0.25) is 15.9 Å². The first kappa shape index (κ1) is 17.3. The zero-order valence-electron chi connectivity index (χ0n) is 14.3. The molecule has 0 spiro atoms. The van der Waals surface area contributed by atoms with Gasteiger partial charge in [0.1, 0.15) is 0 Å². The molecule has 6 heteroatoms. The Morgan fingerprint density at radius 2 is 2.04 bits per heavy atom. The van der Waals surface area contributed by atoms with Crippen molar-refractivity contribution in [2.75, 3.05) is 15.8 Å². The molecule has 0 saturated heterocycles. The van der Waals surface area contributed by atoms with E-state index in [-0.39, 0.29) is 11.7 Å². The van der Waals surface area contributed by atoms with Crippen molar-refractivity contribution in [2.45, 2.75) is 46.0 Å². The maximum absolute atomic E-state index is 12.3. The predicted molar refractivity (Wildman–Crippen MR) is 96.4 cm³/mol. The number of carbonyl (C=O) groups is 1.